The molecule has 104 valence electrons. The molecule has 1 aliphatic heterocycles. The van der Waals surface area contributed by atoms with Crippen LogP contribution in [0.15, 0.2) is 30.6 Å². The average molecular weight is 270 g/mol. The number of hydrogen-bond donors (Lipinski definition) is 2. The molecule has 0 saturated carbocycles. The van der Waals surface area contributed by atoms with Gasteiger partial charge in [0, 0.05) is 37.5 Å². The lowest BCUT2D eigenvalue weighted by molar-refractivity contribution is 0.0785. The molecule has 3 rings (SSSR count). The zero-order chi connectivity index (χ0) is 13.9. The van der Waals surface area contributed by atoms with Crippen LogP contribution >= 0.6 is 0 Å². The Morgan fingerprint density at radius 1 is 1.40 bits per heavy atom. The lowest BCUT2D eigenvalue weighted by atomic mass is 9.98. The van der Waals surface area contributed by atoms with Gasteiger partial charge in [-0.3, -0.25) is 9.89 Å². The topological polar surface area (TPSA) is 61.0 Å². The van der Waals surface area contributed by atoms with Crippen LogP contribution in [0, 0.1) is 0 Å². The van der Waals surface area contributed by atoms with E-state index in [1.165, 1.54) is 11.1 Å². The van der Waals surface area contributed by atoms with Crippen molar-refractivity contribution < 1.29 is 4.79 Å². The molecule has 1 amide bonds. The van der Waals surface area contributed by atoms with Gasteiger partial charge in [0.05, 0.1) is 6.20 Å². The highest BCUT2D eigenvalue weighted by Crippen LogP contribution is 2.17. The number of fused-ring (bicyclic) bond motifs is 1. The molecule has 2 N–H and O–H groups in total. The Morgan fingerprint density at radius 3 is 3.10 bits per heavy atom. The van der Waals surface area contributed by atoms with Crippen molar-refractivity contribution in [2.45, 2.75) is 19.5 Å². The summed E-state index contributed by atoms with van der Waals surface area (Å²) in [4.78, 5) is 14.1. The molecule has 1 aliphatic rings. The maximum atomic E-state index is 12.4. The van der Waals surface area contributed by atoms with Crippen LogP contribution in [-0.2, 0) is 19.5 Å². The molecule has 5 heteroatoms. The van der Waals surface area contributed by atoms with Gasteiger partial charge in [-0.05, 0) is 36.2 Å². The highest BCUT2D eigenvalue weighted by Gasteiger charge is 2.15. The third-order valence-corrected chi connectivity index (χ3v) is 3.66. The fourth-order valence-electron chi connectivity index (χ4n) is 2.54. The quantitative estimate of drug-likeness (QED) is 0.884. The smallest absolute Gasteiger partial charge is 0.253 e. The van der Waals surface area contributed by atoms with Gasteiger partial charge in [-0.1, -0.05) is 6.07 Å². The number of benzene rings is 1. The number of H-pyrrole nitrogens is 1. The second-order valence-corrected chi connectivity index (χ2v) is 5.18. The van der Waals surface area contributed by atoms with Crippen molar-refractivity contribution in [2.75, 3.05) is 13.6 Å². The Bertz CT molecular complexity index is 606. The highest BCUT2D eigenvalue weighted by molar-refractivity contribution is 5.94. The van der Waals surface area contributed by atoms with Crippen molar-refractivity contribution >= 4 is 5.91 Å². The number of rotatable bonds is 3. The summed E-state index contributed by atoms with van der Waals surface area (Å²) in [6, 6.07) is 6.02. The minimum Gasteiger partial charge on any atom is -0.337 e. The minimum atomic E-state index is 0.0413. The number of nitrogens with one attached hydrogen (secondary N) is 2. The first-order chi connectivity index (χ1) is 9.74. The van der Waals surface area contributed by atoms with E-state index < -0.39 is 0 Å². The molecule has 0 radical (unpaired) electrons. The lowest BCUT2D eigenvalue weighted by Crippen LogP contribution is -2.27. The van der Waals surface area contributed by atoms with E-state index in [4.69, 9.17) is 0 Å². The van der Waals surface area contributed by atoms with Gasteiger partial charge >= 0.3 is 0 Å². The number of nitrogens with zero attached hydrogens (tertiary/aromatic N) is 2. The van der Waals surface area contributed by atoms with Crippen LogP contribution < -0.4 is 5.32 Å². The first-order valence-corrected chi connectivity index (χ1v) is 6.79. The van der Waals surface area contributed by atoms with Gasteiger partial charge in [0.15, 0.2) is 0 Å². The standard InChI is InChI=1S/C15H18N4O/c1-19(10-11-7-17-18-8-11)15(20)13-3-2-12-4-5-16-9-14(12)6-13/h2-3,6-8,16H,4-5,9-10H2,1H3,(H,17,18). The van der Waals surface area contributed by atoms with E-state index in [-0.39, 0.29) is 5.91 Å². The van der Waals surface area contributed by atoms with Gasteiger partial charge < -0.3 is 10.2 Å². The monoisotopic (exact) mass is 270 g/mol. The normalized spacial score (nSPS) is 13.8. The van der Waals surface area contributed by atoms with E-state index in [9.17, 15) is 4.79 Å². The summed E-state index contributed by atoms with van der Waals surface area (Å²) in [5.41, 5.74) is 4.33. The third-order valence-electron chi connectivity index (χ3n) is 3.66. The van der Waals surface area contributed by atoms with Gasteiger partial charge in [0.2, 0.25) is 0 Å². The van der Waals surface area contributed by atoms with Crippen LogP contribution in [0.4, 0.5) is 0 Å². The SMILES string of the molecule is CN(Cc1cn[nH]c1)C(=O)c1ccc2c(c1)CNCC2. The van der Waals surface area contributed by atoms with Gasteiger partial charge in [-0.15, -0.1) is 0 Å². The summed E-state index contributed by atoms with van der Waals surface area (Å²) in [6.45, 7) is 2.42. The van der Waals surface area contributed by atoms with Crippen LogP contribution in [0.25, 0.3) is 0 Å². The van der Waals surface area contributed by atoms with Crippen LogP contribution in [0.2, 0.25) is 0 Å². The first-order valence-electron chi connectivity index (χ1n) is 6.79. The summed E-state index contributed by atoms with van der Waals surface area (Å²) in [6.07, 6.45) is 4.58. The molecule has 20 heavy (non-hydrogen) atoms. The molecule has 0 saturated heterocycles. The van der Waals surface area contributed by atoms with Gasteiger partial charge in [-0.25, -0.2) is 0 Å². The maximum Gasteiger partial charge on any atom is 0.253 e. The Hall–Kier alpha value is -2.14. The molecule has 1 aromatic carbocycles. The summed E-state index contributed by atoms with van der Waals surface area (Å²) in [7, 11) is 1.81. The Labute approximate surface area is 118 Å². The zero-order valence-electron chi connectivity index (χ0n) is 11.5. The Kier molecular flexibility index (Phi) is 3.52. The predicted molar refractivity (Wildman–Crippen MR) is 76.2 cm³/mol. The van der Waals surface area contributed by atoms with Crippen molar-refractivity contribution in [1.82, 2.24) is 20.4 Å². The zero-order valence-corrected chi connectivity index (χ0v) is 11.5. The summed E-state index contributed by atoms with van der Waals surface area (Å²) < 4.78 is 0. The molecular weight excluding hydrogens is 252 g/mol. The van der Waals surface area contributed by atoms with E-state index >= 15 is 0 Å². The van der Waals surface area contributed by atoms with Crippen molar-refractivity contribution in [3.63, 3.8) is 0 Å². The highest BCUT2D eigenvalue weighted by atomic mass is 16.2. The van der Waals surface area contributed by atoms with Crippen molar-refractivity contribution in [1.29, 1.82) is 0 Å². The summed E-state index contributed by atoms with van der Waals surface area (Å²) in [5.74, 6) is 0.0413. The van der Waals surface area contributed by atoms with E-state index in [1.54, 1.807) is 17.3 Å². The maximum absolute atomic E-state index is 12.4. The van der Waals surface area contributed by atoms with Gasteiger partial charge in [0.1, 0.15) is 0 Å². The van der Waals surface area contributed by atoms with Crippen molar-refractivity contribution in [2.24, 2.45) is 0 Å². The number of carbonyl (C=O) groups excluding carboxylic acids is 1. The number of hydrogen-bond acceptors (Lipinski definition) is 3. The third kappa shape index (κ3) is 2.58. The fraction of sp³-hybridized carbons (Fsp3) is 0.333. The van der Waals surface area contributed by atoms with E-state index in [2.05, 4.69) is 21.6 Å². The van der Waals surface area contributed by atoms with Crippen LogP contribution in [0.3, 0.4) is 0 Å². The fourth-order valence-corrected chi connectivity index (χ4v) is 2.54. The number of carbonyl (C=O) groups is 1. The second kappa shape index (κ2) is 5.46. The lowest BCUT2D eigenvalue weighted by Gasteiger charge is -2.20. The summed E-state index contributed by atoms with van der Waals surface area (Å²) >= 11 is 0. The Balaban J connectivity index is 1.76. The molecule has 0 unspecified atom stereocenters. The Morgan fingerprint density at radius 2 is 2.30 bits per heavy atom. The summed E-state index contributed by atoms with van der Waals surface area (Å²) in [5, 5.41) is 9.99. The molecular formula is C15H18N4O. The van der Waals surface area contributed by atoms with E-state index in [1.807, 2.05) is 19.2 Å². The van der Waals surface area contributed by atoms with Crippen molar-refractivity contribution in [3.05, 3.63) is 52.8 Å². The molecule has 0 fully saturated rings. The van der Waals surface area contributed by atoms with Gasteiger partial charge in [0.25, 0.3) is 5.91 Å². The second-order valence-electron chi connectivity index (χ2n) is 5.18. The largest absolute Gasteiger partial charge is 0.337 e. The van der Waals surface area contributed by atoms with E-state index in [0.717, 1.165) is 30.6 Å². The molecule has 5 nitrogen and oxygen atoms in total. The molecule has 0 bridgehead atoms. The molecule has 0 spiro atoms. The van der Waals surface area contributed by atoms with Crippen LogP contribution in [-0.4, -0.2) is 34.6 Å². The average Bonchev–Trinajstić information content (AvgIpc) is 2.99. The molecule has 0 aliphatic carbocycles. The van der Waals surface area contributed by atoms with Crippen molar-refractivity contribution in [3.8, 4) is 0 Å². The van der Waals surface area contributed by atoms with Crippen LogP contribution in [0.1, 0.15) is 27.0 Å². The van der Waals surface area contributed by atoms with E-state index in [0.29, 0.717) is 6.54 Å². The number of aromatic nitrogens is 2. The molecule has 2 heterocycles. The molecule has 1 aromatic heterocycles. The minimum absolute atomic E-state index is 0.0413. The number of amides is 1. The number of aromatic amines is 1. The van der Waals surface area contributed by atoms with Gasteiger partial charge in [-0.2, -0.15) is 5.10 Å². The molecule has 2 aromatic rings. The van der Waals surface area contributed by atoms with Crippen LogP contribution in [0.5, 0.6) is 0 Å². The predicted octanol–water partition coefficient (Wildman–Crippen LogP) is 1.33. The first kappa shape index (κ1) is 12.9. The molecule has 0 atom stereocenters.